The Hall–Kier alpha value is -0.570. The highest BCUT2D eigenvalue weighted by atomic mass is 16.5. The standard InChI is InChI=1S/C6H9NO2/c1-3-5-4(2-9-3)7-6(5)8/h3-5H,2H2,1H3,(H,7,8)/t3-,4+,5-/m1/s1. The Morgan fingerprint density at radius 1 is 1.78 bits per heavy atom. The van der Waals surface area contributed by atoms with E-state index in [0.717, 1.165) is 0 Å². The molecule has 2 aliphatic heterocycles. The van der Waals surface area contributed by atoms with E-state index in [1.54, 1.807) is 0 Å². The third kappa shape index (κ3) is 0.525. The van der Waals surface area contributed by atoms with Crippen molar-refractivity contribution < 1.29 is 9.53 Å². The molecule has 2 heterocycles. The van der Waals surface area contributed by atoms with E-state index in [4.69, 9.17) is 4.74 Å². The fraction of sp³-hybridized carbons (Fsp3) is 0.833. The molecule has 0 radical (unpaired) electrons. The molecule has 0 aliphatic carbocycles. The molecule has 0 aromatic carbocycles. The van der Waals surface area contributed by atoms with Gasteiger partial charge in [0, 0.05) is 0 Å². The first-order valence-corrected chi connectivity index (χ1v) is 3.21. The van der Waals surface area contributed by atoms with Crippen LogP contribution in [0.5, 0.6) is 0 Å². The maximum atomic E-state index is 10.7. The van der Waals surface area contributed by atoms with Crippen LogP contribution in [0.2, 0.25) is 0 Å². The molecule has 0 saturated carbocycles. The Morgan fingerprint density at radius 2 is 2.56 bits per heavy atom. The Morgan fingerprint density at radius 3 is 3.00 bits per heavy atom. The first-order chi connectivity index (χ1) is 4.29. The summed E-state index contributed by atoms with van der Waals surface area (Å²) in [5, 5.41) is 2.77. The molecule has 0 aromatic heterocycles. The molecule has 2 fully saturated rings. The maximum Gasteiger partial charge on any atom is 0.228 e. The van der Waals surface area contributed by atoms with Gasteiger partial charge >= 0.3 is 0 Å². The summed E-state index contributed by atoms with van der Waals surface area (Å²) in [7, 11) is 0. The van der Waals surface area contributed by atoms with E-state index in [9.17, 15) is 4.79 Å². The van der Waals surface area contributed by atoms with Crippen molar-refractivity contribution in [3.05, 3.63) is 0 Å². The van der Waals surface area contributed by atoms with E-state index < -0.39 is 0 Å². The van der Waals surface area contributed by atoms with Gasteiger partial charge in [0.05, 0.1) is 24.7 Å². The average molecular weight is 127 g/mol. The van der Waals surface area contributed by atoms with Gasteiger partial charge in [-0.2, -0.15) is 0 Å². The predicted molar refractivity (Wildman–Crippen MR) is 30.8 cm³/mol. The van der Waals surface area contributed by atoms with E-state index in [-0.39, 0.29) is 17.9 Å². The summed E-state index contributed by atoms with van der Waals surface area (Å²) >= 11 is 0. The number of fused-ring (bicyclic) bond motifs is 1. The van der Waals surface area contributed by atoms with Gasteiger partial charge in [0.15, 0.2) is 0 Å². The quantitative estimate of drug-likeness (QED) is 0.446. The van der Waals surface area contributed by atoms with Crippen molar-refractivity contribution in [1.29, 1.82) is 0 Å². The molecule has 1 amide bonds. The zero-order valence-electron chi connectivity index (χ0n) is 5.26. The van der Waals surface area contributed by atoms with Crippen LogP contribution in [-0.4, -0.2) is 24.7 Å². The van der Waals surface area contributed by atoms with Gasteiger partial charge in [-0.25, -0.2) is 0 Å². The van der Waals surface area contributed by atoms with E-state index in [2.05, 4.69) is 5.32 Å². The number of β-lactam (4-membered cyclic amide) rings is 1. The highest BCUT2D eigenvalue weighted by Crippen LogP contribution is 2.27. The number of hydrogen-bond donors (Lipinski definition) is 1. The van der Waals surface area contributed by atoms with Gasteiger partial charge in [-0.1, -0.05) is 0 Å². The van der Waals surface area contributed by atoms with Crippen LogP contribution in [-0.2, 0) is 9.53 Å². The number of carbonyl (C=O) groups is 1. The van der Waals surface area contributed by atoms with Crippen molar-refractivity contribution in [2.24, 2.45) is 5.92 Å². The van der Waals surface area contributed by atoms with Crippen molar-refractivity contribution in [3.8, 4) is 0 Å². The molecule has 0 spiro atoms. The second-order valence-corrected chi connectivity index (χ2v) is 2.68. The van der Waals surface area contributed by atoms with Crippen LogP contribution >= 0.6 is 0 Å². The molecule has 2 aliphatic rings. The number of ether oxygens (including phenoxy) is 1. The third-order valence-corrected chi connectivity index (χ3v) is 2.11. The minimum absolute atomic E-state index is 0.142. The minimum Gasteiger partial charge on any atom is -0.375 e. The number of carbonyl (C=O) groups excluding carboxylic acids is 1. The topological polar surface area (TPSA) is 38.3 Å². The molecule has 50 valence electrons. The van der Waals surface area contributed by atoms with Gasteiger partial charge < -0.3 is 10.1 Å². The Kier molecular flexibility index (Phi) is 0.858. The van der Waals surface area contributed by atoms with E-state index >= 15 is 0 Å². The Bertz CT molecular complexity index is 151. The third-order valence-electron chi connectivity index (χ3n) is 2.11. The van der Waals surface area contributed by atoms with Crippen molar-refractivity contribution >= 4 is 5.91 Å². The summed E-state index contributed by atoms with van der Waals surface area (Å²) in [4.78, 5) is 10.7. The zero-order valence-corrected chi connectivity index (χ0v) is 5.26. The lowest BCUT2D eigenvalue weighted by atomic mass is 9.89. The maximum absolute atomic E-state index is 10.7. The first kappa shape index (κ1) is 5.23. The van der Waals surface area contributed by atoms with Crippen molar-refractivity contribution in [1.82, 2.24) is 5.32 Å². The van der Waals surface area contributed by atoms with Crippen molar-refractivity contribution in [2.75, 3.05) is 6.61 Å². The van der Waals surface area contributed by atoms with Gasteiger partial charge in [0.2, 0.25) is 5.91 Å². The number of amides is 1. The fourth-order valence-electron chi connectivity index (χ4n) is 1.50. The highest BCUT2D eigenvalue weighted by Gasteiger charge is 2.48. The lowest BCUT2D eigenvalue weighted by Gasteiger charge is -2.30. The first-order valence-electron chi connectivity index (χ1n) is 3.21. The van der Waals surface area contributed by atoms with Crippen molar-refractivity contribution in [3.63, 3.8) is 0 Å². The normalized spacial score (nSPS) is 47.7. The molecule has 0 bridgehead atoms. The number of nitrogens with one attached hydrogen (secondary N) is 1. The molecule has 3 atom stereocenters. The molecule has 0 aromatic rings. The summed E-state index contributed by atoms with van der Waals surface area (Å²) < 4.78 is 5.23. The molecular formula is C6H9NO2. The molecular weight excluding hydrogens is 118 g/mol. The van der Waals surface area contributed by atoms with Crippen LogP contribution in [0, 0.1) is 5.92 Å². The summed E-state index contributed by atoms with van der Waals surface area (Å²) in [6, 6.07) is 0.326. The molecule has 9 heavy (non-hydrogen) atoms. The van der Waals surface area contributed by atoms with E-state index in [0.29, 0.717) is 12.6 Å². The Balaban J connectivity index is 2.14. The fourth-order valence-corrected chi connectivity index (χ4v) is 1.50. The summed E-state index contributed by atoms with van der Waals surface area (Å²) in [5.41, 5.74) is 0. The van der Waals surface area contributed by atoms with Crippen LogP contribution in [0.1, 0.15) is 6.92 Å². The summed E-state index contributed by atoms with van der Waals surface area (Å²) in [6.45, 7) is 2.65. The molecule has 3 heteroatoms. The average Bonchev–Trinajstić information content (AvgIpc) is 2.04. The Labute approximate surface area is 53.4 Å². The van der Waals surface area contributed by atoms with Crippen LogP contribution < -0.4 is 5.32 Å². The molecule has 3 nitrogen and oxygen atoms in total. The zero-order chi connectivity index (χ0) is 6.43. The van der Waals surface area contributed by atoms with E-state index in [1.807, 2.05) is 6.92 Å². The van der Waals surface area contributed by atoms with Crippen LogP contribution in [0.25, 0.3) is 0 Å². The predicted octanol–water partition coefficient (Wildman–Crippen LogP) is -0.480. The largest absolute Gasteiger partial charge is 0.375 e. The van der Waals surface area contributed by atoms with Gasteiger partial charge in [-0.05, 0) is 6.92 Å². The van der Waals surface area contributed by atoms with E-state index in [1.165, 1.54) is 0 Å². The molecule has 2 rings (SSSR count). The van der Waals surface area contributed by atoms with Crippen molar-refractivity contribution in [2.45, 2.75) is 19.1 Å². The smallest absolute Gasteiger partial charge is 0.228 e. The number of rotatable bonds is 0. The SMILES string of the molecule is C[C@H]1OC[C@@H]2NC(=O)[C@@H]21. The minimum atomic E-state index is 0.142. The van der Waals surface area contributed by atoms with Gasteiger partial charge in [-0.15, -0.1) is 0 Å². The number of hydrogen-bond acceptors (Lipinski definition) is 2. The monoisotopic (exact) mass is 127 g/mol. The van der Waals surface area contributed by atoms with Gasteiger partial charge in [0.25, 0.3) is 0 Å². The van der Waals surface area contributed by atoms with Gasteiger partial charge in [-0.3, -0.25) is 4.79 Å². The molecule has 2 saturated heterocycles. The highest BCUT2D eigenvalue weighted by molar-refractivity contribution is 5.86. The van der Waals surface area contributed by atoms with Gasteiger partial charge in [0.1, 0.15) is 0 Å². The second kappa shape index (κ2) is 1.48. The molecule has 1 N–H and O–H groups in total. The molecule has 0 unspecified atom stereocenters. The summed E-state index contributed by atoms with van der Waals surface area (Å²) in [6.07, 6.45) is 0.142. The second-order valence-electron chi connectivity index (χ2n) is 2.68. The lowest BCUT2D eigenvalue weighted by molar-refractivity contribution is -0.134. The van der Waals surface area contributed by atoms with Crippen LogP contribution in [0.4, 0.5) is 0 Å². The van der Waals surface area contributed by atoms with Crippen LogP contribution in [0.15, 0.2) is 0 Å². The summed E-state index contributed by atoms with van der Waals surface area (Å²) in [5.74, 6) is 0.315. The lowest BCUT2D eigenvalue weighted by Crippen LogP contribution is -2.58. The van der Waals surface area contributed by atoms with Crippen LogP contribution in [0.3, 0.4) is 0 Å².